The number of methoxy groups -OCH3 is 1. The van der Waals surface area contributed by atoms with Crippen molar-refractivity contribution in [1.82, 2.24) is 10.2 Å². The number of ether oxygens (including phenoxy) is 3. The van der Waals surface area contributed by atoms with Gasteiger partial charge < -0.3 is 34.4 Å². The molecule has 3 fully saturated rings. The predicted octanol–water partition coefficient (Wildman–Crippen LogP) is 4.33. The first-order valence-electron chi connectivity index (χ1n) is 17.3. The monoisotopic (exact) mass is 765 g/mol. The van der Waals surface area contributed by atoms with Crippen LogP contribution < -0.4 is 10.2 Å². The number of nitrogens with one attached hydrogen (secondary N) is 1. The highest BCUT2D eigenvalue weighted by Gasteiger charge is 2.77. The highest BCUT2D eigenvalue weighted by atomic mass is 79.9. The molecule has 3 saturated heterocycles. The molecule has 3 aliphatic rings. The molecule has 3 aliphatic heterocycles. The second kappa shape index (κ2) is 16.2. The first-order valence-corrected chi connectivity index (χ1v) is 18.2. The van der Waals surface area contributed by atoms with Crippen LogP contribution in [0.2, 0.25) is 0 Å². The number of hydrogen-bond donors (Lipinski definition) is 2. The van der Waals surface area contributed by atoms with Crippen LogP contribution in [0.1, 0.15) is 49.0 Å². The largest absolute Gasteiger partial charge is 0.455 e. The number of likely N-dealkylation sites (tertiary alicyclic amines) is 1. The molecule has 2 N–H and O–H groups in total. The van der Waals surface area contributed by atoms with Crippen molar-refractivity contribution in [3.63, 3.8) is 0 Å². The second-order valence-corrected chi connectivity index (χ2v) is 14.9. The zero-order valence-electron chi connectivity index (χ0n) is 29.6. The van der Waals surface area contributed by atoms with Crippen LogP contribution >= 0.6 is 15.9 Å². The average molecular weight is 767 g/mol. The lowest BCUT2D eigenvalue weighted by molar-refractivity contribution is -0.163. The zero-order chi connectivity index (χ0) is 37.0. The van der Waals surface area contributed by atoms with E-state index in [0.717, 1.165) is 11.1 Å². The van der Waals surface area contributed by atoms with Crippen LogP contribution in [0, 0.1) is 25.7 Å². The Bertz CT molecular complexity index is 1640. The molecule has 12 heteroatoms. The van der Waals surface area contributed by atoms with Crippen molar-refractivity contribution in [3.05, 3.63) is 90.5 Å². The Morgan fingerprint density at radius 2 is 1.90 bits per heavy atom. The molecule has 0 aliphatic carbocycles. The van der Waals surface area contributed by atoms with E-state index in [1.165, 1.54) is 12.0 Å². The van der Waals surface area contributed by atoms with Gasteiger partial charge in [-0.2, -0.15) is 0 Å². The van der Waals surface area contributed by atoms with E-state index in [0.29, 0.717) is 17.7 Å². The number of amides is 3. The molecule has 0 saturated carbocycles. The molecule has 3 amide bonds. The number of aliphatic hydroxyl groups excluding tert-OH is 1. The van der Waals surface area contributed by atoms with Crippen molar-refractivity contribution < 1.29 is 38.5 Å². The third-order valence-electron chi connectivity index (χ3n) is 10.2. The number of carbonyl (C=O) groups is 4. The maximum absolute atomic E-state index is 14.9. The summed E-state index contributed by atoms with van der Waals surface area (Å²) in [5.74, 6) is -3.94. The molecule has 2 aromatic rings. The number of benzene rings is 2. The topological polar surface area (TPSA) is 135 Å². The predicted molar refractivity (Wildman–Crippen MR) is 196 cm³/mol. The molecule has 5 rings (SSSR count). The third-order valence-corrected chi connectivity index (χ3v) is 11.1. The number of fused-ring (bicyclic) bond motifs is 1. The van der Waals surface area contributed by atoms with Crippen LogP contribution in [-0.4, -0.2) is 95.2 Å². The third kappa shape index (κ3) is 7.28. The number of rotatable bonds is 16. The lowest BCUT2D eigenvalue weighted by Crippen LogP contribution is -2.59. The Morgan fingerprint density at radius 1 is 1.18 bits per heavy atom. The minimum absolute atomic E-state index is 0.0422. The fraction of sp³-hybridized carbons (Fsp3) is 0.487. The van der Waals surface area contributed by atoms with E-state index in [4.69, 9.17) is 14.2 Å². The molecule has 1 spiro atoms. The van der Waals surface area contributed by atoms with E-state index in [1.807, 2.05) is 38.1 Å². The second-order valence-electron chi connectivity index (χ2n) is 13.7. The average Bonchev–Trinajstić information content (AvgIpc) is 3.72. The number of hydrogen-bond acceptors (Lipinski definition) is 8. The molecular formula is C39H48BrN3O8. The van der Waals surface area contributed by atoms with Crippen molar-refractivity contribution in [1.29, 1.82) is 0 Å². The highest BCUT2D eigenvalue weighted by Crippen LogP contribution is 2.61. The van der Waals surface area contributed by atoms with E-state index in [-0.39, 0.29) is 36.7 Å². The van der Waals surface area contributed by atoms with Gasteiger partial charge in [0.05, 0.1) is 43.2 Å². The number of aliphatic hydroxyl groups is 1. The number of esters is 1. The molecule has 11 nitrogen and oxygen atoms in total. The van der Waals surface area contributed by atoms with Gasteiger partial charge in [-0.3, -0.25) is 19.2 Å². The van der Waals surface area contributed by atoms with Crippen LogP contribution in [0.25, 0.3) is 0 Å². The fourth-order valence-electron chi connectivity index (χ4n) is 7.90. The Hall–Kier alpha value is -3.84. The van der Waals surface area contributed by atoms with Gasteiger partial charge in [-0.25, -0.2) is 0 Å². The van der Waals surface area contributed by atoms with Gasteiger partial charge in [0.1, 0.15) is 17.7 Å². The van der Waals surface area contributed by atoms with Crippen LogP contribution in [0.3, 0.4) is 0 Å². The van der Waals surface area contributed by atoms with Crippen LogP contribution in [0.15, 0.2) is 73.8 Å². The van der Waals surface area contributed by atoms with Gasteiger partial charge in [-0.05, 0) is 56.4 Å². The van der Waals surface area contributed by atoms with E-state index in [9.17, 15) is 24.3 Å². The molecule has 2 bridgehead atoms. The number of anilines is 1. The summed E-state index contributed by atoms with van der Waals surface area (Å²) in [6.45, 7) is 12.9. The Morgan fingerprint density at radius 3 is 2.55 bits per heavy atom. The van der Waals surface area contributed by atoms with E-state index < -0.39 is 72.2 Å². The summed E-state index contributed by atoms with van der Waals surface area (Å²) in [7, 11) is 1.49. The Balaban J connectivity index is 1.54. The number of nitrogens with zero attached hydrogens (tertiary/aromatic N) is 2. The summed E-state index contributed by atoms with van der Waals surface area (Å²) in [6, 6.07) is 12.2. The summed E-state index contributed by atoms with van der Waals surface area (Å²) in [6.07, 6.45) is 2.48. The first-order chi connectivity index (χ1) is 24.4. The van der Waals surface area contributed by atoms with Crippen LogP contribution in [-0.2, 0) is 33.4 Å². The lowest BCUT2D eigenvalue weighted by atomic mass is 9.70. The molecule has 0 radical (unpaired) electrons. The van der Waals surface area contributed by atoms with Gasteiger partial charge in [-0.15, -0.1) is 13.2 Å². The van der Waals surface area contributed by atoms with Crippen LogP contribution in [0.4, 0.5) is 5.69 Å². The normalized spacial score (nSPS) is 26.6. The van der Waals surface area contributed by atoms with E-state index in [2.05, 4.69) is 34.4 Å². The first kappa shape index (κ1) is 38.4. The van der Waals surface area contributed by atoms with E-state index >= 15 is 0 Å². The molecule has 1 unspecified atom stereocenters. The standard InChI is InChI=1S/C39H48BrN3O8/c1-7-9-15-30(45)41-28(22-49-6)33(26-13-11-10-12-14-26)50-38(48)31-32-36(46)43(25(5)21-44)35(39(32)20-27(40)34(31)51-39)37(47)42(18-8-2)29-19-23(3)16-17-24(29)4/h7-8,10-14,16-17,19,25,27-28,31-35,44H,1-2,9,15,18,20-22H2,3-6H3,(H,41,45)/t25-,27?,28-,31-,32+,33-,34-,35-,39+/m1/s1. The summed E-state index contributed by atoms with van der Waals surface area (Å²) in [4.78, 5) is 59.6. The molecule has 2 aromatic carbocycles. The van der Waals surface area contributed by atoms with Crippen LogP contribution in [0.5, 0.6) is 0 Å². The summed E-state index contributed by atoms with van der Waals surface area (Å²) in [5, 5.41) is 13.3. The maximum atomic E-state index is 14.9. The number of halogens is 1. The summed E-state index contributed by atoms with van der Waals surface area (Å²) < 4.78 is 18.5. The number of carbonyl (C=O) groups excluding carboxylic acids is 4. The Kier molecular flexibility index (Phi) is 12.2. The molecule has 274 valence electrons. The van der Waals surface area contributed by atoms with Crippen molar-refractivity contribution in [2.45, 2.75) is 80.8 Å². The quantitative estimate of drug-likeness (QED) is 0.147. The summed E-state index contributed by atoms with van der Waals surface area (Å²) >= 11 is 3.72. The molecule has 51 heavy (non-hydrogen) atoms. The van der Waals surface area contributed by atoms with Crippen molar-refractivity contribution in [2.24, 2.45) is 11.8 Å². The van der Waals surface area contributed by atoms with Crippen molar-refractivity contribution >= 4 is 45.3 Å². The fourth-order valence-corrected chi connectivity index (χ4v) is 8.84. The number of allylic oxidation sites excluding steroid dienone is 1. The smallest absolute Gasteiger partial charge is 0.313 e. The molecule has 0 aromatic heterocycles. The van der Waals surface area contributed by atoms with Crippen molar-refractivity contribution in [3.8, 4) is 0 Å². The van der Waals surface area contributed by atoms with Gasteiger partial charge in [0.2, 0.25) is 11.8 Å². The zero-order valence-corrected chi connectivity index (χ0v) is 31.2. The molecule has 9 atom stereocenters. The SMILES string of the molecule is C=CCCC(=O)N[C@H](COC)[C@H](OC(=O)[C@H]1[C@@H]2O[C@@]3(CC2Br)[C@@H]1C(=O)N([C@H](C)CO)[C@@H]3C(=O)N(CC=C)c1cc(C)ccc1C)c1ccccc1. The van der Waals surface area contributed by atoms with Gasteiger partial charge in [0.15, 0.2) is 0 Å². The minimum atomic E-state index is -1.38. The number of aryl methyl sites for hydroxylation is 2. The lowest BCUT2D eigenvalue weighted by Gasteiger charge is -2.39. The minimum Gasteiger partial charge on any atom is -0.455 e. The van der Waals surface area contributed by atoms with Gasteiger partial charge in [-0.1, -0.05) is 70.5 Å². The molecule has 3 heterocycles. The van der Waals surface area contributed by atoms with Gasteiger partial charge in [0, 0.05) is 30.6 Å². The maximum Gasteiger partial charge on any atom is 0.313 e. The molecular weight excluding hydrogens is 718 g/mol. The highest BCUT2D eigenvalue weighted by molar-refractivity contribution is 9.09. The summed E-state index contributed by atoms with van der Waals surface area (Å²) in [5.41, 5.74) is 1.73. The Labute approximate surface area is 308 Å². The van der Waals surface area contributed by atoms with Gasteiger partial charge >= 0.3 is 5.97 Å². The number of alkyl halides is 1. The van der Waals surface area contributed by atoms with Gasteiger partial charge in [0.25, 0.3) is 5.91 Å². The van der Waals surface area contributed by atoms with Crippen molar-refractivity contribution in [2.75, 3.05) is 31.8 Å². The van der Waals surface area contributed by atoms with E-state index in [1.54, 1.807) is 48.2 Å².